The van der Waals surface area contributed by atoms with E-state index in [1.165, 1.54) is 122 Å². The summed E-state index contributed by atoms with van der Waals surface area (Å²) in [5, 5.41) is 0. The van der Waals surface area contributed by atoms with Crippen molar-refractivity contribution in [1.82, 2.24) is 0 Å². The SMILES string of the molecule is CCCCCCCCc1cc(N)ccc1Cc1ccc(CCc2ccc(Cc3ccc(N)cc3CCCCCCCC)cc2)cc1. The van der Waals surface area contributed by atoms with Gasteiger partial charge < -0.3 is 11.5 Å². The molecule has 0 bridgehead atoms. The third kappa shape index (κ3) is 12.3. The summed E-state index contributed by atoms with van der Waals surface area (Å²) in [4.78, 5) is 0. The molecule has 46 heavy (non-hydrogen) atoms. The Morgan fingerprint density at radius 3 is 1.09 bits per heavy atom. The highest BCUT2D eigenvalue weighted by atomic mass is 14.5. The van der Waals surface area contributed by atoms with Gasteiger partial charge in [0.05, 0.1) is 0 Å². The Balaban J connectivity index is 1.25. The highest BCUT2D eigenvalue weighted by Crippen LogP contribution is 2.23. The van der Waals surface area contributed by atoms with Crippen molar-refractivity contribution in [3.8, 4) is 0 Å². The molecule has 0 aliphatic carbocycles. The van der Waals surface area contributed by atoms with Crippen molar-refractivity contribution in [2.45, 2.75) is 129 Å². The van der Waals surface area contributed by atoms with Crippen LogP contribution in [0.5, 0.6) is 0 Å². The van der Waals surface area contributed by atoms with Gasteiger partial charge in [-0.25, -0.2) is 0 Å². The minimum absolute atomic E-state index is 0.881. The number of anilines is 2. The summed E-state index contributed by atoms with van der Waals surface area (Å²) < 4.78 is 0. The molecule has 0 fully saturated rings. The third-order valence-electron chi connectivity index (χ3n) is 9.60. The lowest BCUT2D eigenvalue weighted by Gasteiger charge is -2.12. The topological polar surface area (TPSA) is 52.0 Å². The Labute approximate surface area is 281 Å². The zero-order chi connectivity index (χ0) is 32.4. The zero-order valence-electron chi connectivity index (χ0n) is 29.0. The molecule has 4 rings (SSSR count). The molecule has 4 aromatic carbocycles. The number of hydrogen-bond donors (Lipinski definition) is 2. The van der Waals surface area contributed by atoms with Gasteiger partial charge in [0.15, 0.2) is 0 Å². The van der Waals surface area contributed by atoms with Crippen molar-refractivity contribution >= 4 is 11.4 Å². The third-order valence-corrected chi connectivity index (χ3v) is 9.60. The average Bonchev–Trinajstić information content (AvgIpc) is 3.07. The van der Waals surface area contributed by atoms with Crippen molar-refractivity contribution in [2.75, 3.05) is 11.5 Å². The molecule has 2 nitrogen and oxygen atoms in total. The maximum absolute atomic E-state index is 6.17. The van der Waals surface area contributed by atoms with Gasteiger partial charge in [-0.3, -0.25) is 0 Å². The summed E-state index contributed by atoms with van der Waals surface area (Å²) in [5.41, 5.74) is 25.4. The molecule has 0 spiro atoms. The summed E-state index contributed by atoms with van der Waals surface area (Å²) in [7, 11) is 0. The van der Waals surface area contributed by atoms with Gasteiger partial charge in [0.25, 0.3) is 0 Å². The van der Waals surface area contributed by atoms with Crippen LogP contribution in [0.1, 0.15) is 135 Å². The number of rotatable bonds is 21. The maximum atomic E-state index is 6.17. The minimum atomic E-state index is 0.881. The van der Waals surface area contributed by atoms with Gasteiger partial charge in [-0.2, -0.15) is 0 Å². The van der Waals surface area contributed by atoms with Crippen LogP contribution in [-0.4, -0.2) is 0 Å². The van der Waals surface area contributed by atoms with Gasteiger partial charge in [-0.05, 0) is 120 Å². The second kappa shape index (κ2) is 19.9. The Morgan fingerprint density at radius 1 is 0.348 bits per heavy atom. The second-order valence-corrected chi connectivity index (χ2v) is 13.6. The van der Waals surface area contributed by atoms with Crippen LogP contribution in [0.25, 0.3) is 0 Å². The van der Waals surface area contributed by atoms with E-state index >= 15 is 0 Å². The predicted octanol–water partition coefficient (Wildman–Crippen LogP) is 11.6. The van der Waals surface area contributed by atoms with Crippen LogP contribution in [0.4, 0.5) is 11.4 Å². The molecule has 0 amide bonds. The van der Waals surface area contributed by atoms with Crippen LogP contribution in [0.15, 0.2) is 84.9 Å². The molecule has 0 saturated carbocycles. The van der Waals surface area contributed by atoms with Crippen molar-refractivity contribution in [3.63, 3.8) is 0 Å². The zero-order valence-corrected chi connectivity index (χ0v) is 29.0. The summed E-state index contributed by atoms with van der Waals surface area (Å²) in [6, 6.07) is 31.6. The molecule has 4 N–H and O–H groups in total. The quantitative estimate of drug-likeness (QED) is 0.0723. The molecular weight excluding hydrogens is 556 g/mol. The van der Waals surface area contributed by atoms with Crippen LogP contribution in [0.2, 0.25) is 0 Å². The number of unbranched alkanes of at least 4 members (excludes halogenated alkanes) is 10. The molecule has 0 aliphatic heterocycles. The molecule has 0 heterocycles. The van der Waals surface area contributed by atoms with Crippen LogP contribution >= 0.6 is 0 Å². The van der Waals surface area contributed by atoms with E-state index in [0.717, 1.165) is 49.9 Å². The Bertz CT molecular complexity index is 1310. The highest BCUT2D eigenvalue weighted by molar-refractivity contribution is 5.47. The molecule has 246 valence electrons. The van der Waals surface area contributed by atoms with E-state index in [4.69, 9.17) is 11.5 Å². The van der Waals surface area contributed by atoms with Crippen molar-refractivity contribution < 1.29 is 0 Å². The Kier molecular flexibility index (Phi) is 15.3. The number of nitrogen functional groups attached to an aromatic ring is 2. The number of benzene rings is 4. The first-order valence-electron chi connectivity index (χ1n) is 18.4. The molecule has 0 atom stereocenters. The van der Waals surface area contributed by atoms with Gasteiger partial charge in [-0.1, -0.05) is 139 Å². The van der Waals surface area contributed by atoms with Crippen LogP contribution in [0.3, 0.4) is 0 Å². The van der Waals surface area contributed by atoms with E-state index in [9.17, 15) is 0 Å². The maximum Gasteiger partial charge on any atom is 0.0316 e. The monoisotopic (exact) mass is 616 g/mol. The van der Waals surface area contributed by atoms with Crippen LogP contribution < -0.4 is 11.5 Å². The lowest BCUT2D eigenvalue weighted by Crippen LogP contribution is -2.00. The lowest BCUT2D eigenvalue weighted by molar-refractivity contribution is 0.607. The molecule has 2 heteroatoms. The largest absolute Gasteiger partial charge is 0.399 e. The van der Waals surface area contributed by atoms with E-state index in [0.29, 0.717) is 0 Å². The molecule has 4 aromatic rings. The molecule has 0 radical (unpaired) electrons. The molecular formula is C44H60N2. The summed E-state index contributed by atoms with van der Waals surface area (Å²) in [6.45, 7) is 4.56. The van der Waals surface area contributed by atoms with Gasteiger partial charge in [0, 0.05) is 11.4 Å². The highest BCUT2D eigenvalue weighted by Gasteiger charge is 2.08. The fraction of sp³-hybridized carbons (Fsp3) is 0.455. The van der Waals surface area contributed by atoms with Gasteiger partial charge in [0.1, 0.15) is 0 Å². The van der Waals surface area contributed by atoms with Gasteiger partial charge in [-0.15, -0.1) is 0 Å². The van der Waals surface area contributed by atoms with E-state index in [2.05, 4.69) is 98.8 Å². The van der Waals surface area contributed by atoms with E-state index in [1.807, 2.05) is 0 Å². The summed E-state index contributed by atoms with van der Waals surface area (Å²) in [6.07, 6.45) is 22.2. The van der Waals surface area contributed by atoms with Crippen LogP contribution in [-0.2, 0) is 38.5 Å². The number of nitrogens with two attached hydrogens (primary N) is 2. The van der Waals surface area contributed by atoms with Crippen molar-refractivity contribution in [1.29, 1.82) is 0 Å². The molecule has 0 aliphatic rings. The number of hydrogen-bond acceptors (Lipinski definition) is 2. The van der Waals surface area contributed by atoms with Gasteiger partial charge >= 0.3 is 0 Å². The smallest absolute Gasteiger partial charge is 0.0316 e. The molecule has 0 unspecified atom stereocenters. The summed E-state index contributed by atoms with van der Waals surface area (Å²) in [5.74, 6) is 0. The summed E-state index contributed by atoms with van der Waals surface area (Å²) >= 11 is 0. The first-order valence-corrected chi connectivity index (χ1v) is 18.4. The standard InChI is InChI=1S/C44H60N2/c1-3-5-7-9-11-13-15-39-33-43(45)29-27-41(39)31-37-23-19-35(20-24-37)17-18-36-21-25-38(26-22-36)32-42-28-30-44(46)34-40(42)16-14-12-10-8-6-4-2/h19-30,33-34H,3-18,31-32,45-46H2,1-2H3. The van der Waals surface area contributed by atoms with Crippen molar-refractivity contribution in [2.24, 2.45) is 0 Å². The Hall–Kier alpha value is -3.52. The van der Waals surface area contributed by atoms with Gasteiger partial charge in [0.2, 0.25) is 0 Å². The predicted molar refractivity (Wildman–Crippen MR) is 202 cm³/mol. The van der Waals surface area contributed by atoms with E-state index in [1.54, 1.807) is 0 Å². The first kappa shape index (κ1) is 35.3. The average molecular weight is 617 g/mol. The van der Waals surface area contributed by atoms with Crippen molar-refractivity contribution in [3.05, 3.63) is 129 Å². The molecule has 0 aromatic heterocycles. The second-order valence-electron chi connectivity index (χ2n) is 13.6. The van der Waals surface area contributed by atoms with Crippen LogP contribution in [0, 0.1) is 0 Å². The fourth-order valence-corrected chi connectivity index (χ4v) is 6.67. The minimum Gasteiger partial charge on any atom is -0.399 e. The fourth-order valence-electron chi connectivity index (χ4n) is 6.67. The lowest BCUT2D eigenvalue weighted by atomic mass is 9.94. The first-order chi connectivity index (χ1) is 22.5. The molecule has 0 saturated heterocycles. The van der Waals surface area contributed by atoms with E-state index < -0.39 is 0 Å². The van der Waals surface area contributed by atoms with E-state index in [-0.39, 0.29) is 0 Å². The Morgan fingerprint density at radius 2 is 0.696 bits per heavy atom. The number of aryl methyl sites for hydroxylation is 4. The normalized spacial score (nSPS) is 11.3.